The van der Waals surface area contributed by atoms with Gasteiger partial charge >= 0.3 is 18.3 Å². The lowest BCUT2D eigenvalue weighted by Crippen LogP contribution is -2.23. The van der Waals surface area contributed by atoms with Crippen molar-refractivity contribution in [1.82, 2.24) is 14.8 Å². The van der Waals surface area contributed by atoms with E-state index in [1.165, 1.54) is 0 Å². The van der Waals surface area contributed by atoms with E-state index >= 15 is 0 Å². The van der Waals surface area contributed by atoms with E-state index in [0.29, 0.717) is 25.3 Å². The minimum Gasteiger partial charge on any atom is -0.305 e. The molecule has 31 heavy (non-hydrogen) atoms. The van der Waals surface area contributed by atoms with Gasteiger partial charge in [-0.15, -0.1) is 4.36 Å². The summed E-state index contributed by atoms with van der Waals surface area (Å²) in [6.07, 6.45) is -3.46. The minimum absolute atomic E-state index is 0.146. The lowest BCUT2D eigenvalue weighted by molar-refractivity contribution is -0.141. The first-order valence-corrected chi connectivity index (χ1v) is 10.3. The van der Waals surface area contributed by atoms with Gasteiger partial charge in [-0.1, -0.05) is 0 Å². The van der Waals surface area contributed by atoms with Crippen molar-refractivity contribution in [3.63, 3.8) is 0 Å². The number of amides is 2. The van der Waals surface area contributed by atoms with Crippen molar-refractivity contribution in [2.45, 2.75) is 50.4 Å². The number of carbonyl (C=O) groups excluding carboxylic acids is 1. The lowest BCUT2D eigenvalue weighted by Gasteiger charge is -2.17. The number of aryl methyl sites for hydroxylation is 1. The van der Waals surface area contributed by atoms with E-state index in [1.54, 1.807) is 0 Å². The van der Waals surface area contributed by atoms with Gasteiger partial charge in [0.15, 0.2) is 15.7 Å². The Balaban J connectivity index is 2.01. The Kier molecular flexibility index (Phi) is 5.54. The van der Waals surface area contributed by atoms with Gasteiger partial charge < -0.3 is 5.32 Å². The van der Waals surface area contributed by atoms with Crippen molar-refractivity contribution in [2.75, 3.05) is 5.32 Å². The molecule has 170 valence electrons. The minimum atomic E-state index is -4.79. The zero-order chi connectivity index (χ0) is 23.4. The van der Waals surface area contributed by atoms with Crippen molar-refractivity contribution in [1.29, 1.82) is 0 Å². The molecule has 2 aromatic heterocycles. The smallest absolute Gasteiger partial charge is 0.305 e. The van der Waals surface area contributed by atoms with Crippen LogP contribution in [0.3, 0.4) is 0 Å². The topological polar surface area (TPSA) is 115 Å². The molecular weight excluding hydrogens is 454 g/mol. The molecule has 8 nitrogen and oxygen atoms in total. The summed E-state index contributed by atoms with van der Waals surface area (Å²) in [7, 11) is -4.43. The summed E-state index contributed by atoms with van der Waals surface area (Å²) in [5.41, 5.74) is -1.30. The van der Waals surface area contributed by atoms with Gasteiger partial charge in [0, 0.05) is 18.2 Å². The predicted octanol–water partition coefficient (Wildman–Crippen LogP) is 3.74. The third kappa shape index (κ3) is 4.51. The van der Waals surface area contributed by atoms with Gasteiger partial charge in [0.05, 0.1) is 11.9 Å². The zero-order valence-corrected chi connectivity index (χ0v) is 16.9. The van der Waals surface area contributed by atoms with Crippen molar-refractivity contribution in [3.8, 4) is 0 Å². The molecule has 0 saturated heterocycles. The van der Waals surface area contributed by atoms with Gasteiger partial charge in [-0.2, -0.15) is 27.1 Å². The summed E-state index contributed by atoms with van der Waals surface area (Å²) in [5.74, 6) is -1.49. The summed E-state index contributed by atoms with van der Waals surface area (Å²) in [6.45, 7) is 1.48. The van der Waals surface area contributed by atoms with E-state index in [0.717, 1.165) is 6.92 Å². The van der Waals surface area contributed by atoms with E-state index in [-0.39, 0.29) is 34.2 Å². The highest BCUT2D eigenvalue weighted by molar-refractivity contribution is 7.91. The fraction of sp³-hybridized carbons (Fsp3) is 0.438. The highest BCUT2D eigenvalue weighted by Crippen LogP contribution is 2.38. The number of halogens is 6. The fourth-order valence-electron chi connectivity index (χ4n) is 3.16. The predicted molar refractivity (Wildman–Crippen MR) is 96.1 cm³/mol. The maximum atomic E-state index is 13.9. The Bertz CT molecular complexity index is 1180. The van der Waals surface area contributed by atoms with Crippen LogP contribution in [0.4, 0.5) is 36.8 Å². The quantitative estimate of drug-likeness (QED) is 0.665. The Hall–Kier alpha value is -2.68. The number of nitrogens with two attached hydrogens (primary N) is 1. The number of pyridine rings is 1. The van der Waals surface area contributed by atoms with E-state index < -0.39 is 44.7 Å². The highest BCUT2D eigenvalue weighted by Gasteiger charge is 2.38. The van der Waals surface area contributed by atoms with Gasteiger partial charge in [-0.25, -0.2) is 28.2 Å². The van der Waals surface area contributed by atoms with Crippen LogP contribution < -0.4 is 10.5 Å². The molecule has 2 amide bonds. The van der Waals surface area contributed by atoms with Crippen molar-refractivity contribution in [3.05, 3.63) is 34.5 Å². The van der Waals surface area contributed by atoms with Crippen LogP contribution in [0.15, 0.2) is 15.6 Å². The van der Waals surface area contributed by atoms with Crippen LogP contribution in [0.5, 0.6) is 0 Å². The summed E-state index contributed by atoms with van der Waals surface area (Å²) in [6, 6.07) is -5.11. The first kappa shape index (κ1) is 23.0. The lowest BCUT2D eigenvalue weighted by atomic mass is 10.1. The first-order chi connectivity index (χ1) is 14.1. The Morgan fingerprint density at radius 3 is 2.48 bits per heavy atom. The number of urea groups is 1. The second-order valence-corrected chi connectivity index (χ2v) is 8.60. The van der Waals surface area contributed by atoms with Gasteiger partial charge in [0.2, 0.25) is 5.03 Å². The number of hydrogen-bond donors (Lipinski definition) is 2. The number of carbonyl (C=O) groups is 1. The summed E-state index contributed by atoms with van der Waals surface area (Å²) >= 11 is 0. The van der Waals surface area contributed by atoms with Crippen LogP contribution in [0.2, 0.25) is 0 Å². The molecule has 3 N–H and O–H groups in total. The fourth-order valence-corrected chi connectivity index (χ4v) is 4.08. The molecule has 15 heteroatoms. The van der Waals surface area contributed by atoms with Crippen LogP contribution in [0, 0.1) is 12.7 Å². The highest BCUT2D eigenvalue weighted by atomic mass is 32.2. The van der Waals surface area contributed by atoms with Crippen LogP contribution in [0.1, 0.15) is 35.9 Å². The molecule has 1 aliphatic carbocycles. The molecule has 0 radical (unpaired) electrons. The molecule has 3 rings (SSSR count). The number of rotatable bonds is 3. The van der Waals surface area contributed by atoms with Crippen molar-refractivity contribution < 1.29 is 35.3 Å². The molecule has 1 atom stereocenters. The normalized spacial score (nSPS) is 16.0. The van der Waals surface area contributed by atoms with Gasteiger partial charge in [0.25, 0.3) is 0 Å². The van der Waals surface area contributed by atoms with Crippen LogP contribution in [-0.4, -0.2) is 25.0 Å². The molecule has 1 unspecified atom stereocenters. The van der Waals surface area contributed by atoms with Gasteiger partial charge in [-0.05, 0) is 31.7 Å². The monoisotopic (exact) mass is 470 g/mol. The Morgan fingerprint density at radius 2 is 1.94 bits per heavy atom. The van der Waals surface area contributed by atoms with Crippen molar-refractivity contribution in [2.24, 2.45) is 9.50 Å². The molecule has 0 fully saturated rings. The average molecular weight is 470 g/mol. The molecule has 0 spiro atoms. The number of nitrogens with one attached hydrogen (secondary N) is 1. The molecule has 2 heterocycles. The Labute approximate surface area is 172 Å². The van der Waals surface area contributed by atoms with E-state index in [2.05, 4.69) is 19.8 Å². The second-order valence-electron chi connectivity index (χ2n) is 6.90. The third-order valence-corrected chi connectivity index (χ3v) is 5.77. The molecule has 2 aromatic rings. The number of hydrogen-bond acceptors (Lipinski definition) is 4. The van der Waals surface area contributed by atoms with E-state index in [1.807, 2.05) is 0 Å². The van der Waals surface area contributed by atoms with E-state index in [4.69, 9.17) is 5.14 Å². The molecule has 1 aliphatic rings. The summed E-state index contributed by atoms with van der Waals surface area (Å²) < 4.78 is 95.8. The number of alkyl halides is 5. The van der Waals surface area contributed by atoms with Gasteiger partial charge in [-0.3, -0.25) is 0 Å². The molecule has 0 saturated carbocycles. The van der Waals surface area contributed by atoms with Crippen LogP contribution in [-0.2, 0) is 35.0 Å². The van der Waals surface area contributed by atoms with Crippen molar-refractivity contribution >= 4 is 21.6 Å². The second kappa shape index (κ2) is 7.47. The maximum absolute atomic E-state index is 13.9. The van der Waals surface area contributed by atoms with Crippen LogP contribution in [0.25, 0.3) is 0 Å². The standard InChI is InChI=1S/C16H16F6N6O2S/c1-7-11(8-4-3-5-10(8)24-12(7)16(20,21)22)25-14(29)27-31(23,30)13-9(17)6-28(26-13)15(2,18)19/h6H,3-5H2,1-2H3,(H3,23,24,25,27,29,30). The largest absolute Gasteiger partial charge is 0.433 e. The molecule has 0 aliphatic heterocycles. The number of aromatic nitrogens is 3. The SMILES string of the molecule is Cc1c(C(F)(F)F)nc2c(c1NC(=O)N=S(N)(=O)c1nn(C(C)(F)F)cc1F)CCC2. The van der Waals surface area contributed by atoms with Crippen LogP contribution >= 0.6 is 0 Å². The maximum Gasteiger partial charge on any atom is 0.433 e. The molecule has 0 bridgehead atoms. The van der Waals surface area contributed by atoms with E-state index in [9.17, 15) is 35.3 Å². The first-order valence-electron chi connectivity index (χ1n) is 8.70. The summed E-state index contributed by atoms with van der Waals surface area (Å²) in [4.78, 5) is 15.9. The number of nitrogens with zero attached hydrogens (tertiary/aromatic N) is 4. The number of fused-ring (bicyclic) bond motifs is 1. The average Bonchev–Trinajstić information content (AvgIpc) is 3.21. The zero-order valence-electron chi connectivity index (χ0n) is 16.1. The summed E-state index contributed by atoms with van der Waals surface area (Å²) in [5, 5.41) is 9.34. The molecular formula is C16H16F6N6O2S. The van der Waals surface area contributed by atoms with Gasteiger partial charge in [0.1, 0.15) is 5.69 Å². The third-order valence-electron chi connectivity index (χ3n) is 4.50. The molecule has 0 aromatic carbocycles. The number of anilines is 1. The Morgan fingerprint density at radius 1 is 1.29 bits per heavy atom.